The largest absolute Gasteiger partial charge is 0.454 e. The topological polar surface area (TPSA) is 68.0 Å². The molecule has 1 fully saturated rings. The molecule has 4 heterocycles. The van der Waals surface area contributed by atoms with Crippen LogP contribution in [-0.4, -0.2) is 53.3 Å². The van der Waals surface area contributed by atoms with E-state index in [1.165, 1.54) is 0 Å². The van der Waals surface area contributed by atoms with Crippen molar-refractivity contribution in [3.63, 3.8) is 0 Å². The zero-order valence-corrected chi connectivity index (χ0v) is 15.7. The van der Waals surface area contributed by atoms with Crippen LogP contribution in [0.1, 0.15) is 24.2 Å². The van der Waals surface area contributed by atoms with Crippen LogP contribution in [-0.2, 0) is 17.8 Å². The van der Waals surface area contributed by atoms with Crippen LogP contribution in [0.3, 0.4) is 0 Å². The monoisotopic (exact) mass is 381 g/mol. The number of rotatable bonds is 4. The Kier molecular flexibility index (Phi) is 4.31. The Morgan fingerprint density at radius 3 is 3.07 bits per heavy atom. The number of fused-ring (bicyclic) bond motifs is 2. The van der Waals surface area contributed by atoms with Crippen molar-refractivity contribution in [3.8, 4) is 22.8 Å². The van der Waals surface area contributed by atoms with Gasteiger partial charge in [0.15, 0.2) is 11.5 Å². The van der Waals surface area contributed by atoms with Crippen molar-refractivity contribution >= 4 is 5.91 Å². The van der Waals surface area contributed by atoms with E-state index in [0.717, 1.165) is 54.3 Å². The third-order valence-corrected chi connectivity index (χ3v) is 5.80. The highest BCUT2D eigenvalue weighted by Gasteiger charge is 2.36. The Morgan fingerprint density at radius 2 is 2.18 bits per heavy atom. The molecule has 0 saturated carbocycles. The third kappa shape index (κ3) is 2.86. The quantitative estimate of drug-likeness (QED) is 0.759. The van der Waals surface area contributed by atoms with Gasteiger partial charge in [-0.2, -0.15) is 0 Å². The first-order chi connectivity index (χ1) is 13.7. The van der Waals surface area contributed by atoms with Crippen LogP contribution in [0.15, 0.2) is 35.4 Å². The predicted octanol–water partition coefficient (Wildman–Crippen LogP) is 2.61. The minimum atomic E-state index is -0.0478. The molecule has 7 heteroatoms. The number of likely N-dealkylation sites (tertiary alicyclic amines) is 1. The second kappa shape index (κ2) is 6.98. The lowest BCUT2D eigenvalue weighted by atomic mass is 10.00. The first kappa shape index (κ1) is 17.3. The summed E-state index contributed by atoms with van der Waals surface area (Å²) in [6.07, 6.45) is 4.53. The highest BCUT2D eigenvalue weighted by atomic mass is 16.7. The van der Waals surface area contributed by atoms with E-state index in [0.29, 0.717) is 25.3 Å². The van der Waals surface area contributed by atoms with Crippen molar-refractivity contribution in [3.05, 3.63) is 42.2 Å². The number of hydrogen-bond acceptors (Lipinski definition) is 6. The summed E-state index contributed by atoms with van der Waals surface area (Å²) in [6, 6.07) is 5.71. The number of carbonyl (C=O) groups excluding carboxylic acids is 1. The fourth-order valence-corrected chi connectivity index (χ4v) is 4.37. The van der Waals surface area contributed by atoms with Gasteiger partial charge in [0, 0.05) is 30.6 Å². The molecule has 0 bridgehead atoms. The molecule has 1 unspecified atom stereocenters. The van der Waals surface area contributed by atoms with Gasteiger partial charge >= 0.3 is 0 Å². The van der Waals surface area contributed by atoms with Gasteiger partial charge in [-0.05, 0) is 37.6 Å². The molecule has 1 amide bonds. The van der Waals surface area contributed by atoms with E-state index in [1.54, 1.807) is 0 Å². The Balaban J connectivity index is 1.39. The predicted molar refractivity (Wildman–Crippen MR) is 102 cm³/mol. The minimum Gasteiger partial charge on any atom is -0.454 e. The van der Waals surface area contributed by atoms with Gasteiger partial charge in [0.2, 0.25) is 12.7 Å². The molecule has 7 nitrogen and oxygen atoms in total. The van der Waals surface area contributed by atoms with Gasteiger partial charge in [0.05, 0.1) is 12.6 Å². The Bertz CT molecular complexity index is 922. The van der Waals surface area contributed by atoms with Gasteiger partial charge in [-0.1, -0.05) is 11.2 Å². The van der Waals surface area contributed by atoms with Crippen LogP contribution in [0.5, 0.6) is 11.5 Å². The van der Waals surface area contributed by atoms with Crippen molar-refractivity contribution in [2.24, 2.45) is 0 Å². The van der Waals surface area contributed by atoms with Crippen molar-refractivity contribution in [2.45, 2.75) is 31.8 Å². The summed E-state index contributed by atoms with van der Waals surface area (Å²) < 4.78 is 16.5. The zero-order valence-electron chi connectivity index (χ0n) is 15.7. The number of amides is 1. The van der Waals surface area contributed by atoms with Crippen molar-refractivity contribution < 1.29 is 18.8 Å². The lowest BCUT2D eigenvalue weighted by Crippen LogP contribution is -2.47. The first-order valence-corrected chi connectivity index (χ1v) is 9.76. The van der Waals surface area contributed by atoms with Gasteiger partial charge in [-0.25, -0.2) is 0 Å². The molecule has 0 N–H and O–H groups in total. The fourth-order valence-electron chi connectivity index (χ4n) is 4.37. The highest BCUT2D eigenvalue weighted by molar-refractivity contribution is 5.83. The molecule has 3 aliphatic rings. The normalized spacial score (nSPS) is 21.0. The van der Waals surface area contributed by atoms with E-state index in [4.69, 9.17) is 14.0 Å². The molecule has 146 valence electrons. The SMILES string of the molecule is C=CCN1CCCC1C(=O)N1CCc2onc(-c3ccc4c(c3)OCO4)c2C1. The van der Waals surface area contributed by atoms with Gasteiger partial charge < -0.3 is 18.9 Å². The molecule has 5 rings (SSSR count). The van der Waals surface area contributed by atoms with E-state index in [9.17, 15) is 4.79 Å². The van der Waals surface area contributed by atoms with E-state index in [1.807, 2.05) is 29.2 Å². The van der Waals surface area contributed by atoms with Crippen molar-refractivity contribution in [2.75, 3.05) is 26.4 Å². The second-order valence-corrected chi connectivity index (χ2v) is 7.45. The molecular weight excluding hydrogens is 358 g/mol. The summed E-state index contributed by atoms with van der Waals surface area (Å²) in [5, 5.41) is 4.30. The summed E-state index contributed by atoms with van der Waals surface area (Å²) in [4.78, 5) is 17.3. The van der Waals surface area contributed by atoms with Gasteiger partial charge in [0.1, 0.15) is 11.5 Å². The van der Waals surface area contributed by atoms with Gasteiger partial charge in [0.25, 0.3) is 0 Å². The molecule has 0 aliphatic carbocycles. The smallest absolute Gasteiger partial charge is 0.240 e. The van der Waals surface area contributed by atoms with E-state index in [2.05, 4.69) is 16.6 Å². The van der Waals surface area contributed by atoms with Crippen LogP contribution in [0, 0.1) is 0 Å². The Labute approximate surface area is 163 Å². The number of benzene rings is 1. The van der Waals surface area contributed by atoms with Crippen LogP contribution in [0.4, 0.5) is 0 Å². The summed E-state index contributed by atoms with van der Waals surface area (Å²) >= 11 is 0. The lowest BCUT2D eigenvalue weighted by molar-refractivity contribution is -0.136. The number of aromatic nitrogens is 1. The average Bonchev–Trinajstić information content (AvgIpc) is 3.45. The number of ether oxygens (including phenoxy) is 2. The second-order valence-electron chi connectivity index (χ2n) is 7.45. The van der Waals surface area contributed by atoms with Crippen molar-refractivity contribution in [1.82, 2.24) is 15.0 Å². The van der Waals surface area contributed by atoms with Gasteiger partial charge in [-0.15, -0.1) is 6.58 Å². The third-order valence-electron chi connectivity index (χ3n) is 5.80. The minimum absolute atomic E-state index is 0.0478. The van der Waals surface area contributed by atoms with E-state index in [-0.39, 0.29) is 18.7 Å². The van der Waals surface area contributed by atoms with Gasteiger partial charge in [-0.3, -0.25) is 9.69 Å². The molecule has 1 aromatic heterocycles. The molecular formula is C21H23N3O4. The molecule has 0 radical (unpaired) electrons. The number of nitrogens with zero attached hydrogens (tertiary/aromatic N) is 3. The van der Waals surface area contributed by atoms with Crippen molar-refractivity contribution in [1.29, 1.82) is 0 Å². The van der Waals surface area contributed by atoms with Crippen LogP contribution in [0.25, 0.3) is 11.3 Å². The summed E-state index contributed by atoms with van der Waals surface area (Å²) in [7, 11) is 0. The molecule has 3 aliphatic heterocycles. The van der Waals surface area contributed by atoms with Crippen LogP contribution >= 0.6 is 0 Å². The molecule has 2 aromatic rings. The standard InChI is InChI=1S/C21H23N3O4/c1-2-8-23-9-3-4-16(23)21(25)24-10-7-17-15(12-24)20(22-28-17)14-5-6-18-19(11-14)27-13-26-18/h2,5-6,11,16H,1,3-4,7-10,12-13H2. The summed E-state index contributed by atoms with van der Waals surface area (Å²) in [5.41, 5.74) is 2.68. The zero-order chi connectivity index (χ0) is 19.1. The average molecular weight is 381 g/mol. The number of hydrogen-bond donors (Lipinski definition) is 0. The molecule has 28 heavy (non-hydrogen) atoms. The summed E-state index contributed by atoms with van der Waals surface area (Å²) in [6.45, 7) is 6.96. The Hall–Kier alpha value is -2.80. The van der Waals surface area contributed by atoms with E-state index >= 15 is 0 Å². The van der Waals surface area contributed by atoms with Crippen LogP contribution < -0.4 is 9.47 Å². The Morgan fingerprint density at radius 1 is 1.29 bits per heavy atom. The maximum Gasteiger partial charge on any atom is 0.240 e. The fraction of sp³-hybridized carbons (Fsp3) is 0.429. The summed E-state index contributed by atoms with van der Waals surface area (Å²) in [5.74, 6) is 2.51. The van der Waals surface area contributed by atoms with E-state index < -0.39 is 0 Å². The first-order valence-electron chi connectivity index (χ1n) is 9.76. The molecule has 1 atom stereocenters. The highest BCUT2D eigenvalue weighted by Crippen LogP contribution is 2.38. The maximum absolute atomic E-state index is 13.2. The maximum atomic E-state index is 13.2. The number of carbonyl (C=O) groups is 1. The van der Waals surface area contributed by atoms with Crippen LogP contribution in [0.2, 0.25) is 0 Å². The molecule has 1 aromatic carbocycles. The lowest BCUT2D eigenvalue weighted by Gasteiger charge is -2.31. The molecule has 0 spiro atoms. The molecule has 1 saturated heterocycles.